The second-order valence-corrected chi connectivity index (χ2v) is 5.38. The minimum Gasteiger partial charge on any atom is -0.487 e. The maximum Gasteiger partial charge on any atom is 0.339 e. The molecule has 0 saturated carbocycles. The van der Waals surface area contributed by atoms with Crippen LogP contribution in [0.1, 0.15) is 31.1 Å². The number of rotatable bonds is 2. The zero-order valence-corrected chi connectivity index (χ0v) is 11.2. The van der Waals surface area contributed by atoms with E-state index in [1.165, 1.54) is 13.2 Å². The van der Waals surface area contributed by atoms with Gasteiger partial charge in [-0.25, -0.2) is 4.79 Å². The molecular formula is C13H15ClO4. The van der Waals surface area contributed by atoms with Crippen LogP contribution in [-0.4, -0.2) is 23.8 Å². The zero-order valence-electron chi connectivity index (χ0n) is 10.5. The summed E-state index contributed by atoms with van der Waals surface area (Å²) in [6.45, 7) is 3.88. The summed E-state index contributed by atoms with van der Waals surface area (Å²) in [5, 5.41) is 10.4. The van der Waals surface area contributed by atoms with Gasteiger partial charge in [-0.15, -0.1) is 0 Å². The topological polar surface area (TPSA) is 55.8 Å². The van der Waals surface area contributed by atoms with Crippen LogP contribution in [0.2, 0.25) is 5.02 Å². The molecular weight excluding hydrogens is 256 g/mol. The molecule has 1 aromatic carbocycles. The molecule has 1 aliphatic rings. The molecule has 0 radical (unpaired) electrons. The molecule has 1 N–H and O–H groups in total. The first kappa shape index (κ1) is 13.2. The molecule has 0 amide bonds. The van der Waals surface area contributed by atoms with E-state index in [0.29, 0.717) is 22.8 Å². The lowest BCUT2D eigenvalue weighted by molar-refractivity contribution is -0.150. The first-order valence-corrected chi connectivity index (χ1v) is 5.99. The highest BCUT2D eigenvalue weighted by Gasteiger charge is 2.35. The SMILES string of the molecule is COC(=O)C(O)c1cc(Cl)cc2c1OC(C)(C)C2. The van der Waals surface area contributed by atoms with Gasteiger partial charge in [-0.05, 0) is 31.5 Å². The van der Waals surface area contributed by atoms with Gasteiger partial charge in [0.2, 0.25) is 0 Å². The molecule has 0 spiro atoms. The van der Waals surface area contributed by atoms with Gasteiger partial charge in [0.1, 0.15) is 11.4 Å². The molecule has 1 unspecified atom stereocenters. The van der Waals surface area contributed by atoms with Crippen LogP contribution in [0.25, 0.3) is 0 Å². The van der Waals surface area contributed by atoms with E-state index in [9.17, 15) is 9.90 Å². The second-order valence-electron chi connectivity index (χ2n) is 4.95. The summed E-state index contributed by atoms with van der Waals surface area (Å²) in [7, 11) is 1.22. The van der Waals surface area contributed by atoms with Gasteiger partial charge in [-0.2, -0.15) is 0 Å². The Balaban J connectivity index is 2.47. The standard InChI is InChI=1S/C13H15ClO4/c1-13(2)6-7-4-8(14)5-9(11(7)18-13)10(15)12(16)17-3/h4-5,10,15H,6H2,1-3H3. The van der Waals surface area contributed by atoms with E-state index in [1.54, 1.807) is 6.07 Å². The maximum atomic E-state index is 11.4. The minimum atomic E-state index is -1.38. The molecule has 0 aromatic heterocycles. The highest BCUT2D eigenvalue weighted by Crippen LogP contribution is 2.42. The van der Waals surface area contributed by atoms with Crippen molar-refractivity contribution in [1.82, 2.24) is 0 Å². The van der Waals surface area contributed by atoms with Gasteiger partial charge in [0.05, 0.1) is 7.11 Å². The van der Waals surface area contributed by atoms with Crippen molar-refractivity contribution in [3.63, 3.8) is 0 Å². The van der Waals surface area contributed by atoms with Gasteiger partial charge in [-0.3, -0.25) is 0 Å². The Bertz CT molecular complexity index is 496. The molecule has 0 bridgehead atoms. The van der Waals surface area contributed by atoms with Crippen molar-refractivity contribution in [2.45, 2.75) is 32.0 Å². The number of aliphatic hydroxyl groups excluding tert-OH is 1. The van der Waals surface area contributed by atoms with Crippen LogP contribution < -0.4 is 4.74 Å². The third-order valence-electron chi connectivity index (χ3n) is 2.87. The number of hydrogen-bond donors (Lipinski definition) is 1. The van der Waals surface area contributed by atoms with E-state index in [2.05, 4.69) is 4.74 Å². The smallest absolute Gasteiger partial charge is 0.339 e. The van der Waals surface area contributed by atoms with Gasteiger partial charge >= 0.3 is 5.97 Å². The molecule has 18 heavy (non-hydrogen) atoms. The monoisotopic (exact) mass is 270 g/mol. The largest absolute Gasteiger partial charge is 0.487 e. The van der Waals surface area contributed by atoms with Crippen LogP contribution in [0, 0.1) is 0 Å². The number of carbonyl (C=O) groups excluding carboxylic acids is 1. The summed E-state index contributed by atoms with van der Waals surface area (Å²) >= 11 is 5.99. The predicted molar refractivity (Wildman–Crippen MR) is 66.8 cm³/mol. The summed E-state index contributed by atoms with van der Waals surface area (Å²) < 4.78 is 10.3. The molecule has 0 saturated heterocycles. The van der Waals surface area contributed by atoms with Gasteiger partial charge < -0.3 is 14.6 Å². The lowest BCUT2D eigenvalue weighted by Gasteiger charge is -2.19. The lowest BCUT2D eigenvalue weighted by Crippen LogP contribution is -2.25. The number of benzene rings is 1. The number of hydrogen-bond acceptors (Lipinski definition) is 4. The number of methoxy groups -OCH3 is 1. The van der Waals surface area contributed by atoms with Crippen molar-refractivity contribution in [3.8, 4) is 5.75 Å². The van der Waals surface area contributed by atoms with E-state index in [1.807, 2.05) is 13.8 Å². The summed E-state index contributed by atoms with van der Waals surface area (Å²) in [4.78, 5) is 11.4. The highest BCUT2D eigenvalue weighted by atomic mass is 35.5. The van der Waals surface area contributed by atoms with Crippen LogP contribution >= 0.6 is 11.6 Å². The molecule has 1 heterocycles. The number of halogens is 1. The quantitative estimate of drug-likeness (QED) is 0.838. The fourth-order valence-corrected chi connectivity index (χ4v) is 2.39. The fourth-order valence-electron chi connectivity index (χ4n) is 2.14. The number of carbonyl (C=O) groups is 1. The molecule has 5 heteroatoms. The molecule has 0 fully saturated rings. The van der Waals surface area contributed by atoms with Crippen LogP contribution in [-0.2, 0) is 16.0 Å². The third kappa shape index (κ3) is 2.31. The van der Waals surface area contributed by atoms with Crippen molar-refractivity contribution in [3.05, 3.63) is 28.3 Å². The summed E-state index contributed by atoms with van der Waals surface area (Å²) in [6, 6.07) is 3.32. The van der Waals surface area contributed by atoms with E-state index < -0.39 is 12.1 Å². The Morgan fingerprint density at radius 1 is 1.56 bits per heavy atom. The molecule has 4 nitrogen and oxygen atoms in total. The maximum absolute atomic E-state index is 11.4. The zero-order chi connectivity index (χ0) is 13.5. The normalized spacial score (nSPS) is 17.8. The van der Waals surface area contributed by atoms with Gasteiger partial charge in [0.15, 0.2) is 6.10 Å². The Hall–Kier alpha value is -1.26. The molecule has 1 aliphatic heterocycles. The predicted octanol–water partition coefficient (Wildman–Crippen LogP) is 2.26. The molecule has 1 atom stereocenters. The Morgan fingerprint density at radius 2 is 2.22 bits per heavy atom. The molecule has 98 valence electrons. The molecule has 2 rings (SSSR count). The van der Waals surface area contributed by atoms with E-state index in [-0.39, 0.29) is 5.60 Å². The summed E-state index contributed by atoms with van der Waals surface area (Å²) in [6.07, 6.45) is -0.694. The third-order valence-corrected chi connectivity index (χ3v) is 3.09. The molecule has 1 aromatic rings. The summed E-state index contributed by atoms with van der Waals surface area (Å²) in [5.41, 5.74) is 0.887. The number of ether oxygens (including phenoxy) is 2. The Kier molecular flexibility index (Phi) is 3.25. The molecule has 0 aliphatic carbocycles. The lowest BCUT2D eigenvalue weighted by atomic mass is 9.99. The average Bonchev–Trinajstić information content (AvgIpc) is 2.59. The Morgan fingerprint density at radius 3 is 2.83 bits per heavy atom. The average molecular weight is 271 g/mol. The first-order chi connectivity index (χ1) is 8.34. The second kappa shape index (κ2) is 4.44. The minimum absolute atomic E-state index is 0.356. The van der Waals surface area contributed by atoms with Crippen LogP contribution in [0.4, 0.5) is 0 Å². The summed E-state index contributed by atoms with van der Waals surface area (Å²) in [5.74, 6) is -0.199. The van der Waals surface area contributed by atoms with Crippen LogP contribution in [0.3, 0.4) is 0 Å². The van der Waals surface area contributed by atoms with Crippen LogP contribution in [0.15, 0.2) is 12.1 Å². The Labute approximate surface area is 110 Å². The number of aliphatic hydroxyl groups is 1. The van der Waals surface area contributed by atoms with Crippen molar-refractivity contribution < 1.29 is 19.4 Å². The van der Waals surface area contributed by atoms with Gasteiger partial charge in [0, 0.05) is 17.0 Å². The van der Waals surface area contributed by atoms with Gasteiger partial charge in [0.25, 0.3) is 0 Å². The number of fused-ring (bicyclic) bond motifs is 1. The van der Waals surface area contributed by atoms with E-state index in [4.69, 9.17) is 16.3 Å². The van der Waals surface area contributed by atoms with Crippen molar-refractivity contribution in [2.24, 2.45) is 0 Å². The van der Waals surface area contributed by atoms with E-state index >= 15 is 0 Å². The van der Waals surface area contributed by atoms with E-state index in [0.717, 1.165) is 5.56 Å². The number of esters is 1. The van der Waals surface area contributed by atoms with Crippen molar-refractivity contribution in [1.29, 1.82) is 0 Å². The van der Waals surface area contributed by atoms with Crippen molar-refractivity contribution in [2.75, 3.05) is 7.11 Å². The fraction of sp³-hybridized carbons (Fsp3) is 0.462. The highest BCUT2D eigenvalue weighted by molar-refractivity contribution is 6.30. The van der Waals surface area contributed by atoms with Gasteiger partial charge in [-0.1, -0.05) is 11.6 Å². The first-order valence-electron chi connectivity index (χ1n) is 5.61. The van der Waals surface area contributed by atoms with Crippen molar-refractivity contribution >= 4 is 17.6 Å². The van der Waals surface area contributed by atoms with Crippen LogP contribution in [0.5, 0.6) is 5.75 Å².